The van der Waals surface area contributed by atoms with Gasteiger partial charge in [-0.25, -0.2) is 0 Å². The molecular weight excluding hydrogens is 246 g/mol. The highest BCUT2D eigenvalue weighted by Gasteiger charge is 2.20. The number of benzene rings is 2. The molecule has 0 aromatic heterocycles. The first-order valence-corrected chi connectivity index (χ1v) is 6.94. The molecule has 2 aromatic rings. The number of hydrogen-bond donors (Lipinski definition) is 1. The van der Waals surface area contributed by atoms with Gasteiger partial charge in [0.15, 0.2) is 0 Å². The summed E-state index contributed by atoms with van der Waals surface area (Å²) < 4.78 is 0. The van der Waals surface area contributed by atoms with Gasteiger partial charge in [-0.05, 0) is 31.4 Å². The Morgan fingerprint density at radius 1 is 0.900 bits per heavy atom. The average molecular weight is 267 g/mol. The Kier molecular flexibility index (Phi) is 4.57. The molecule has 104 valence electrons. The zero-order valence-electron chi connectivity index (χ0n) is 12.1. The molecule has 0 fully saturated rings. The Morgan fingerprint density at radius 3 is 1.95 bits per heavy atom. The van der Waals surface area contributed by atoms with Crippen LogP contribution in [0.4, 0.5) is 0 Å². The van der Waals surface area contributed by atoms with Crippen LogP contribution in [0.2, 0.25) is 0 Å². The van der Waals surface area contributed by atoms with Crippen molar-refractivity contribution in [3.8, 4) is 0 Å². The van der Waals surface area contributed by atoms with E-state index in [4.69, 9.17) is 0 Å². The van der Waals surface area contributed by atoms with Gasteiger partial charge in [-0.2, -0.15) is 0 Å². The predicted octanol–water partition coefficient (Wildman–Crippen LogP) is 3.37. The van der Waals surface area contributed by atoms with Crippen LogP contribution in [-0.4, -0.2) is 11.4 Å². The third kappa shape index (κ3) is 4.54. The lowest BCUT2D eigenvalue weighted by molar-refractivity contribution is -0.122. The molecule has 0 aliphatic rings. The smallest absolute Gasteiger partial charge is 0.224 e. The molecular formula is C18H21NO. The second-order valence-corrected chi connectivity index (χ2v) is 5.76. The second-order valence-electron chi connectivity index (χ2n) is 5.76. The van der Waals surface area contributed by atoms with Gasteiger partial charge >= 0.3 is 0 Å². The SMILES string of the molecule is CC(C)(Cc1ccccc1)NC(=O)Cc1ccccc1. The van der Waals surface area contributed by atoms with E-state index in [0.717, 1.165) is 12.0 Å². The van der Waals surface area contributed by atoms with Crippen molar-refractivity contribution in [2.75, 3.05) is 0 Å². The Morgan fingerprint density at radius 2 is 1.40 bits per heavy atom. The summed E-state index contributed by atoms with van der Waals surface area (Å²) in [4.78, 5) is 12.1. The lowest BCUT2D eigenvalue weighted by Gasteiger charge is -2.26. The minimum absolute atomic E-state index is 0.0668. The van der Waals surface area contributed by atoms with Gasteiger partial charge in [-0.1, -0.05) is 60.7 Å². The third-order valence-electron chi connectivity index (χ3n) is 3.17. The maximum atomic E-state index is 12.1. The highest BCUT2D eigenvalue weighted by Crippen LogP contribution is 2.13. The van der Waals surface area contributed by atoms with E-state index in [-0.39, 0.29) is 11.4 Å². The summed E-state index contributed by atoms with van der Waals surface area (Å²) in [5.74, 6) is 0.0668. The summed E-state index contributed by atoms with van der Waals surface area (Å²) in [5, 5.41) is 3.11. The maximum absolute atomic E-state index is 12.1. The number of rotatable bonds is 5. The van der Waals surface area contributed by atoms with Crippen molar-refractivity contribution in [1.82, 2.24) is 5.32 Å². The van der Waals surface area contributed by atoms with Crippen molar-refractivity contribution in [2.24, 2.45) is 0 Å². The second kappa shape index (κ2) is 6.38. The molecule has 2 nitrogen and oxygen atoms in total. The van der Waals surface area contributed by atoms with Gasteiger partial charge < -0.3 is 5.32 Å². The summed E-state index contributed by atoms with van der Waals surface area (Å²) in [6.07, 6.45) is 1.26. The van der Waals surface area contributed by atoms with Crippen LogP contribution >= 0.6 is 0 Å². The van der Waals surface area contributed by atoms with Crippen molar-refractivity contribution in [2.45, 2.75) is 32.2 Å². The summed E-state index contributed by atoms with van der Waals surface area (Å²) in [7, 11) is 0. The molecule has 0 saturated heterocycles. The molecule has 0 atom stereocenters. The predicted molar refractivity (Wildman–Crippen MR) is 82.5 cm³/mol. The number of carbonyl (C=O) groups is 1. The fourth-order valence-electron chi connectivity index (χ4n) is 2.35. The maximum Gasteiger partial charge on any atom is 0.224 e. The van der Waals surface area contributed by atoms with E-state index < -0.39 is 0 Å². The molecule has 2 aromatic carbocycles. The standard InChI is InChI=1S/C18H21NO/c1-18(2,14-16-11-7-4-8-12-16)19-17(20)13-15-9-5-3-6-10-15/h3-12H,13-14H2,1-2H3,(H,19,20). The topological polar surface area (TPSA) is 29.1 Å². The first kappa shape index (κ1) is 14.3. The van der Waals surface area contributed by atoms with Crippen molar-refractivity contribution in [3.05, 3.63) is 71.8 Å². The van der Waals surface area contributed by atoms with E-state index in [9.17, 15) is 4.79 Å². The Labute approximate surface area is 120 Å². The van der Waals surface area contributed by atoms with Crippen LogP contribution in [0.15, 0.2) is 60.7 Å². The number of hydrogen-bond acceptors (Lipinski definition) is 1. The minimum atomic E-state index is -0.243. The van der Waals surface area contributed by atoms with Crippen LogP contribution < -0.4 is 5.32 Å². The van der Waals surface area contributed by atoms with Gasteiger partial charge in [0.1, 0.15) is 0 Å². The molecule has 0 heterocycles. The average Bonchev–Trinajstić information content (AvgIpc) is 2.39. The van der Waals surface area contributed by atoms with Gasteiger partial charge in [0.2, 0.25) is 5.91 Å². The fraction of sp³-hybridized carbons (Fsp3) is 0.278. The molecule has 0 saturated carbocycles. The number of nitrogens with one attached hydrogen (secondary N) is 1. The first-order valence-electron chi connectivity index (χ1n) is 6.94. The van der Waals surface area contributed by atoms with Crippen molar-refractivity contribution in [1.29, 1.82) is 0 Å². The van der Waals surface area contributed by atoms with E-state index in [1.807, 2.05) is 48.5 Å². The van der Waals surface area contributed by atoms with Gasteiger partial charge in [-0.15, -0.1) is 0 Å². The molecule has 0 spiro atoms. The van der Waals surface area contributed by atoms with E-state index in [0.29, 0.717) is 6.42 Å². The lowest BCUT2D eigenvalue weighted by atomic mass is 9.94. The normalized spacial score (nSPS) is 11.1. The highest BCUT2D eigenvalue weighted by atomic mass is 16.1. The van der Waals surface area contributed by atoms with E-state index in [1.165, 1.54) is 5.56 Å². The Hall–Kier alpha value is -2.09. The van der Waals surface area contributed by atoms with Crippen LogP contribution in [0.1, 0.15) is 25.0 Å². The molecule has 0 aliphatic carbocycles. The molecule has 0 unspecified atom stereocenters. The number of carbonyl (C=O) groups excluding carboxylic acids is 1. The van der Waals surface area contributed by atoms with E-state index >= 15 is 0 Å². The molecule has 0 radical (unpaired) electrons. The summed E-state index contributed by atoms with van der Waals surface area (Å²) in [6.45, 7) is 4.12. The molecule has 1 amide bonds. The molecule has 0 aliphatic heterocycles. The van der Waals surface area contributed by atoms with Crippen LogP contribution in [0.25, 0.3) is 0 Å². The van der Waals surface area contributed by atoms with Crippen LogP contribution in [0.3, 0.4) is 0 Å². The Balaban J connectivity index is 1.92. The molecule has 2 heteroatoms. The highest BCUT2D eigenvalue weighted by molar-refractivity contribution is 5.79. The van der Waals surface area contributed by atoms with Crippen LogP contribution in [0.5, 0.6) is 0 Å². The molecule has 0 bridgehead atoms. The minimum Gasteiger partial charge on any atom is -0.351 e. The Bertz CT molecular complexity index is 546. The van der Waals surface area contributed by atoms with Gasteiger partial charge in [0, 0.05) is 5.54 Å². The quantitative estimate of drug-likeness (QED) is 0.884. The van der Waals surface area contributed by atoms with Crippen molar-refractivity contribution in [3.63, 3.8) is 0 Å². The first-order chi connectivity index (χ1) is 9.55. The molecule has 20 heavy (non-hydrogen) atoms. The van der Waals surface area contributed by atoms with Crippen LogP contribution in [0, 0.1) is 0 Å². The van der Waals surface area contributed by atoms with E-state index in [1.54, 1.807) is 0 Å². The van der Waals surface area contributed by atoms with E-state index in [2.05, 4.69) is 31.3 Å². The van der Waals surface area contributed by atoms with Gasteiger partial charge in [-0.3, -0.25) is 4.79 Å². The van der Waals surface area contributed by atoms with Crippen molar-refractivity contribution < 1.29 is 4.79 Å². The largest absolute Gasteiger partial charge is 0.351 e. The van der Waals surface area contributed by atoms with Gasteiger partial charge in [0.25, 0.3) is 0 Å². The summed E-state index contributed by atoms with van der Waals surface area (Å²) >= 11 is 0. The fourth-order valence-corrected chi connectivity index (χ4v) is 2.35. The zero-order valence-corrected chi connectivity index (χ0v) is 12.1. The lowest BCUT2D eigenvalue weighted by Crippen LogP contribution is -2.45. The zero-order chi connectivity index (χ0) is 14.4. The van der Waals surface area contributed by atoms with Crippen molar-refractivity contribution >= 4 is 5.91 Å². The monoisotopic (exact) mass is 267 g/mol. The number of amides is 1. The molecule has 1 N–H and O–H groups in total. The van der Waals surface area contributed by atoms with Gasteiger partial charge in [0.05, 0.1) is 6.42 Å². The third-order valence-corrected chi connectivity index (χ3v) is 3.17. The molecule has 2 rings (SSSR count). The summed E-state index contributed by atoms with van der Waals surface area (Å²) in [6, 6.07) is 20.1. The van der Waals surface area contributed by atoms with Crippen LogP contribution in [-0.2, 0) is 17.6 Å². The summed E-state index contributed by atoms with van der Waals surface area (Å²) in [5.41, 5.74) is 2.03.